The summed E-state index contributed by atoms with van der Waals surface area (Å²) in [7, 11) is 0. The number of ether oxygens (including phenoxy) is 1. The number of hydrogen-bond donors (Lipinski definition) is 2. The summed E-state index contributed by atoms with van der Waals surface area (Å²) in [5.41, 5.74) is 0.519. The van der Waals surface area contributed by atoms with Gasteiger partial charge in [0.2, 0.25) is 0 Å². The van der Waals surface area contributed by atoms with E-state index in [2.05, 4.69) is 5.32 Å². The summed E-state index contributed by atoms with van der Waals surface area (Å²) in [6, 6.07) is 6.49. The lowest BCUT2D eigenvalue weighted by Gasteiger charge is -2.11. The van der Waals surface area contributed by atoms with Crippen molar-refractivity contribution in [1.29, 1.82) is 0 Å². The van der Waals surface area contributed by atoms with Crippen LogP contribution in [-0.4, -0.2) is 17.6 Å². The van der Waals surface area contributed by atoms with E-state index in [1.165, 1.54) is 24.3 Å². The Kier molecular flexibility index (Phi) is 5.11. The summed E-state index contributed by atoms with van der Waals surface area (Å²) in [6.45, 7) is 2.04. The molecule has 0 fully saturated rings. The molecule has 22 heavy (non-hydrogen) atoms. The maximum atomic E-state index is 13.1. The number of benzene rings is 2. The smallest absolute Gasteiger partial charge is 0.255 e. The molecule has 116 valence electrons. The van der Waals surface area contributed by atoms with Gasteiger partial charge in [-0.15, -0.1) is 0 Å². The molecule has 0 aliphatic heterocycles. The van der Waals surface area contributed by atoms with Crippen LogP contribution in [0.2, 0.25) is 10.0 Å². The average Bonchev–Trinajstić information content (AvgIpc) is 2.47. The molecule has 7 heteroatoms. The summed E-state index contributed by atoms with van der Waals surface area (Å²) >= 11 is 11.5. The number of carbonyl (C=O) groups is 1. The number of carbonyl (C=O) groups excluding carboxylic acids is 1. The predicted octanol–water partition coefficient (Wildman–Crippen LogP) is 4.49. The predicted molar refractivity (Wildman–Crippen MR) is 83.6 cm³/mol. The molecule has 0 radical (unpaired) electrons. The number of phenolic OH excluding ortho intramolecular Hbond substituents is 1. The molecule has 2 aromatic carbocycles. The first kappa shape index (κ1) is 16.4. The fourth-order valence-electron chi connectivity index (χ4n) is 1.75. The highest BCUT2D eigenvalue weighted by atomic mass is 35.5. The lowest BCUT2D eigenvalue weighted by molar-refractivity contribution is 0.102. The van der Waals surface area contributed by atoms with Gasteiger partial charge < -0.3 is 15.2 Å². The standard InChI is InChI=1S/C15H12Cl2FNO3/c1-2-22-13-6-8(5-11(17)14(13)20)15(21)19-9-3-4-12(18)10(16)7-9/h3-7,20H,2H2,1H3,(H,19,21). The van der Waals surface area contributed by atoms with Gasteiger partial charge in [-0.1, -0.05) is 23.2 Å². The highest BCUT2D eigenvalue weighted by Gasteiger charge is 2.15. The molecule has 0 saturated carbocycles. The summed E-state index contributed by atoms with van der Waals surface area (Å²) in [5.74, 6) is -1.20. The zero-order chi connectivity index (χ0) is 16.3. The molecule has 0 bridgehead atoms. The van der Waals surface area contributed by atoms with Crippen molar-refractivity contribution in [3.8, 4) is 11.5 Å². The van der Waals surface area contributed by atoms with Gasteiger partial charge in [0.15, 0.2) is 11.5 Å². The van der Waals surface area contributed by atoms with E-state index in [9.17, 15) is 14.3 Å². The van der Waals surface area contributed by atoms with Gasteiger partial charge in [0.1, 0.15) is 5.82 Å². The van der Waals surface area contributed by atoms with Crippen molar-refractivity contribution in [2.24, 2.45) is 0 Å². The normalized spacial score (nSPS) is 10.4. The lowest BCUT2D eigenvalue weighted by atomic mass is 10.1. The van der Waals surface area contributed by atoms with E-state index in [-0.39, 0.29) is 27.1 Å². The van der Waals surface area contributed by atoms with E-state index < -0.39 is 11.7 Å². The van der Waals surface area contributed by atoms with Crippen molar-refractivity contribution in [2.45, 2.75) is 6.92 Å². The molecule has 0 unspecified atom stereocenters. The second kappa shape index (κ2) is 6.85. The van der Waals surface area contributed by atoms with E-state index in [0.717, 1.165) is 6.07 Å². The number of hydrogen-bond acceptors (Lipinski definition) is 3. The Morgan fingerprint density at radius 1 is 1.27 bits per heavy atom. The molecule has 2 aromatic rings. The SMILES string of the molecule is CCOc1cc(C(=O)Nc2ccc(F)c(Cl)c2)cc(Cl)c1O. The molecular formula is C15H12Cl2FNO3. The second-order valence-corrected chi connectivity index (χ2v) is 5.14. The van der Waals surface area contributed by atoms with Gasteiger partial charge in [-0.25, -0.2) is 4.39 Å². The lowest BCUT2D eigenvalue weighted by Crippen LogP contribution is -2.12. The minimum atomic E-state index is -0.578. The number of phenols is 1. The monoisotopic (exact) mass is 343 g/mol. The molecule has 0 spiro atoms. The Morgan fingerprint density at radius 3 is 2.64 bits per heavy atom. The molecule has 0 heterocycles. The van der Waals surface area contributed by atoms with Gasteiger partial charge in [0.25, 0.3) is 5.91 Å². The largest absolute Gasteiger partial charge is 0.503 e. The van der Waals surface area contributed by atoms with Crippen LogP contribution in [0.3, 0.4) is 0 Å². The molecule has 1 amide bonds. The van der Waals surface area contributed by atoms with E-state index in [1.807, 2.05) is 0 Å². The highest BCUT2D eigenvalue weighted by molar-refractivity contribution is 6.33. The highest BCUT2D eigenvalue weighted by Crippen LogP contribution is 2.35. The number of aromatic hydroxyl groups is 1. The zero-order valence-electron chi connectivity index (χ0n) is 11.5. The Hall–Kier alpha value is -1.98. The minimum absolute atomic E-state index is 0.00626. The van der Waals surface area contributed by atoms with Gasteiger partial charge >= 0.3 is 0 Å². The Labute approximate surface area is 136 Å². The van der Waals surface area contributed by atoms with Gasteiger partial charge in [0.05, 0.1) is 16.7 Å². The van der Waals surface area contributed by atoms with Crippen LogP contribution in [0.5, 0.6) is 11.5 Å². The van der Waals surface area contributed by atoms with Crippen LogP contribution in [0.15, 0.2) is 30.3 Å². The summed E-state index contributed by atoms with van der Waals surface area (Å²) < 4.78 is 18.3. The Balaban J connectivity index is 2.27. The first-order valence-corrected chi connectivity index (χ1v) is 7.09. The van der Waals surface area contributed by atoms with Crippen molar-refractivity contribution >= 4 is 34.8 Å². The molecule has 4 nitrogen and oxygen atoms in total. The van der Waals surface area contributed by atoms with Gasteiger partial charge in [0, 0.05) is 11.3 Å². The second-order valence-electron chi connectivity index (χ2n) is 4.32. The maximum Gasteiger partial charge on any atom is 0.255 e. The summed E-state index contributed by atoms with van der Waals surface area (Å²) in [5, 5.41) is 12.2. The molecule has 2 rings (SSSR count). The quantitative estimate of drug-likeness (QED) is 0.859. The third kappa shape index (κ3) is 3.61. The van der Waals surface area contributed by atoms with E-state index in [0.29, 0.717) is 12.3 Å². The maximum absolute atomic E-state index is 13.1. The minimum Gasteiger partial charge on any atom is -0.503 e. The molecule has 2 N–H and O–H groups in total. The third-order valence-corrected chi connectivity index (χ3v) is 3.35. The molecule has 0 aliphatic rings. The number of halogens is 3. The van der Waals surface area contributed by atoms with Crippen molar-refractivity contribution in [3.05, 3.63) is 51.8 Å². The van der Waals surface area contributed by atoms with Crippen molar-refractivity contribution in [2.75, 3.05) is 11.9 Å². The Morgan fingerprint density at radius 2 is 2.00 bits per heavy atom. The van der Waals surface area contributed by atoms with Crippen molar-refractivity contribution in [1.82, 2.24) is 0 Å². The van der Waals surface area contributed by atoms with Crippen LogP contribution in [0.1, 0.15) is 17.3 Å². The molecule has 0 saturated heterocycles. The molecule has 0 atom stereocenters. The van der Waals surface area contributed by atoms with Gasteiger partial charge in [-0.05, 0) is 37.3 Å². The number of anilines is 1. The number of amides is 1. The first-order valence-electron chi connectivity index (χ1n) is 6.34. The number of rotatable bonds is 4. The Bertz CT molecular complexity index is 722. The van der Waals surface area contributed by atoms with Crippen molar-refractivity contribution in [3.63, 3.8) is 0 Å². The zero-order valence-corrected chi connectivity index (χ0v) is 13.0. The van der Waals surface area contributed by atoms with Gasteiger partial charge in [-0.2, -0.15) is 0 Å². The van der Waals surface area contributed by atoms with Crippen LogP contribution in [0.4, 0.5) is 10.1 Å². The van der Waals surface area contributed by atoms with Crippen molar-refractivity contribution < 1.29 is 19.0 Å². The first-order chi connectivity index (χ1) is 10.4. The van der Waals surface area contributed by atoms with Crippen LogP contribution in [0, 0.1) is 5.82 Å². The van der Waals surface area contributed by atoms with Crippen LogP contribution in [0.25, 0.3) is 0 Å². The van der Waals surface area contributed by atoms with E-state index in [4.69, 9.17) is 27.9 Å². The third-order valence-electron chi connectivity index (χ3n) is 2.77. The van der Waals surface area contributed by atoms with Crippen LogP contribution < -0.4 is 10.1 Å². The van der Waals surface area contributed by atoms with E-state index in [1.54, 1.807) is 6.92 Å². The molecule has 0 aromatic heterocycles. The van der Waals surface area contributed by atoms with Crippen LogP contribution in [-0.2, 0) is 0 Å². The summed E-state index contributed by atoms with van der Waals surface area (Å²) in [4.78, 5) is 12.2. The van der Waals surface area contributed by atoms with E-state index >= 15 is 0 Å². The molecule has 0 aliphatic carbocycles. The fraction of sp³-hybridized carbons (Fsp3) is 0.133. The fourth-order valence-corrected chi connectivity index (χ4v) is 2.14. The summed E-state index contributed by atoms with van der Waals surface area (Å²) in [6.07, 6.45) is 0. The van der Waals surface area contributed by atoms with Gasteiger partial charge in [-0.3, -0.25) is 4.79 Å². The average molecular weight is 344 g/mol. The molecular weight excluding hydrogens is 332 g/mol. The topological polar surface area (TPSA) is 58.6 Å². The number of nitrogens with one attached hydrogen (secondary N) is 1. The van der Waals surface area contributed by atoms with Crippen LogP contribution >= 0.6 is 23.2 Å².